The Hall–Kier alpha value is -7.42. The van der Waals surface area contributed by atoms with Crippen LogP contribution in [0.5, 0.6) is 11.5 Å². The second-order valence-electron chi connectivity index (χ2n) is 24.4. The van der Waals surface area contributed by atoms with E-state index in [1.54, 1.807) is 30.5 Å². The van der Waals surface area contributed by atoms with Crippen molar-refractivity contribution in [1.82, 2.24) is 18.7 Å². The van der Waals surface area contributed by atoms with E-state index >= 15 is 0 Å². The summed E-state index contributed by atoms with van der Waals surface area (Å²) in [6.45, 7) is 17.8. The van der Waals surface area contributed by atoms with Gasteiger partial charge in [-0.2, -0.15) is 12.1 Å². The minimum absolute atomic E-state index is 0. The summed E-state index contributed by atoms with van der Waals surface area (Å²) in [5.41, 5.74) is 15.5. The van der Waals surface area contributed by atoms with E-state index in [9.17, 15) is 0 Å². The zero-order valence-electron chi connectivity index (χ0n) is 52.1. The molecule has 6 heteroatoms. The van der Waals surface area contributed by atoms with Crippen molar-refractivity contribution in [2.45, 2.75) is 117 Å². The van der Waals surface area contributed by atoms with Gasteiger partial charge < -0.3 is 9.30 Å². The van der Waals surface area contributed by atoms with Crippen molar-refractivity contribution in [2.75, 3.05) is 0 Å². The molecule has 12 rings (SSSR count). The Morgan fingerprint density at radius 1 is 0.577 bits per heavy atom. The summed E-state index contributed by atoms with van der Waals surface area (Å²) >= 11 is 0. The van der Waals surface area contributed by atoms with Crippen molar-refractivity contribution in [2.24, 2.45) is 0 Å². The Balaban J connectivity index is 0.00000736. The zero-order valence-corrected chi connectivity index (χ0v) is 48.4. The number of benzene rings is 8. The SMILES string of the molecule is [2H]C([2H])([2H])c1ccc2c(c1)c1ccc(Oc3[c-]c([N+]4=C=[N+](c5c(-c6ccccc6)cccc5-c5cc(C(C)(C)C)cc(C(C)(C)C)c5)c5ccccc54)ccc3)[c-]c1n2-c1cc(C([2H])([2H])[2H])c(-c2ccc3c(c2)C(C)(C)CCC3(C)C)cn1.[Pt+2]. The smallest absolute Gasteiger partial charge is 0.509 e. The van der Waals surface area contributed by atoms with Gasteiger partial charge in [0.25, 0.3) is 11.4 Å². The predicted molar refractivity (Wildman–Crippen MR) is 322 cm³/mol. The monoisotopic (exact) mass is 1210 g/mol. The predicted octanol–water partition coefficient (Wildman–Crippen LogP) is 19.0. The van der Waals surface area contributed by atoms with Gasteiger partial charge in [0, 0.05) is 49.1 Å². The third-order valence-corrected chi connectivity index (χ3v) is 16.0. The number of pyridine rings is 1. The first-order valence-corrected chi connectivity index (χ1v) is 26.8. The van der Waals surface area contributed by atoms with Crippen LogP contribution in [0.1, 0.15) is 124 Å². The van der Waals surface area contributed by atoms with Crippen LogP contribution in [0.4, 0.5) is 22.7 Å². The van der Waals surface area contributed by atoms with Crippen LogP contribution in [0.15, 0.2) is 170 Å². The quantitative estimate of drug-likeness (QED) is 0.112. The summed E-state index contributed by atoms with van der Waals surface area (Å²) in [7, 11) is 0. The molecular weight excluding hydrogens is 1130 g/mol. The number of hydrogen-bond donors (Lipinski definition) is 0. The third kappa shape index (κ3) is 9.40. The van der Waals surface area contributed by atoms with Crippen molar-refractivity contribution in [3.63, 3.8) is 0 Å². The van der Waals surface area contributed by atoms with Crippen LogP contribution in [0.2, 0.25) is 0 Å². The number of aromatic nitrogens is 2. The topological polar surface area (TPSA) is 33.1 Å². The van der Waals surface area contributed by atoms with Gasteiger partial charge in [0.05, 0.1) is 11.1 Å². The van der Waals surface area contributed by atoms with Crippen LogP contribution >= 0.6 is 0 Å². The Kier molecular flexibility index (Phi) is 11.4. The van der Waals surface area contributed by atoms with Crippen LogP contribution in [0, 0.1) is 25.8 Å². The molecule has 0 saturated carbocycles. The molecular formula is C72H68N4OPt+2. The molecule has 0 radical (unpaired) electrons. The number of ether oxygens (including phenoxy) is 1. The van der Waals surface area contributed by atoms with Gasteiger partial charge in [-0.3, -0.25) is 0 Å². The summed E-state index contributed by atoms with van der Waals surface area (Å²) < 4.78 is 64.4. The minimum Gasteiger partial charge on any atom is -0.509 e. The molecule has 0 spiro atoms. The Morgan fingerprint density at radius 2 is 1.24 bits per heavy atom. The van der Waals surface area contributed by atoms with Gasteiger partial charge >= 0.3 is 27.1 Å². The summed E-state index contributed by atoms with van der Waals surface area (Å²) in [6.07, 6.45) is 3.74. The second-order valence-corrected chi connectivity index (χ2v) is 24.4. The molecule has 0 amide bonds. The van der Waals surface area contributed by atoms with Crippen molar-refractivity contribution < 1.29 is 34.0 Å². The number of para-hydroxylation sites is 3. The standard InChI is InChI=1S/C72H68N4O.Pt/c1-46-28-33-63-59(36-46)58-31-30-55(43-66(58)76(63)67-37-47(2)60(44-73-67)49-29-32-61-62(40-49)72(11,12)35-34-71(61,9)10)77-54-23-18-22-53(42-54)74-45-75(65-27-17-16-26-64(65)74)68-56(48-20-14-13-15-21-48)24-19-25-57(68)50-38-51(69(3,4)5)41-52(39-50)70(6,7)8;/h13-33,36-41,44H,34-35H2,1-12H3;/q;+2/i1D3,2D3;. The third-order valence-electron chi connectivity index (χ3n) is 16.0. The molecule has 2 aliphatic rings. The molecule has 0 unspecified atom stereocenters. The molecule has 0 bridgehead atoms. The molecule has 8 aromatic carbocycles. The zero-order chi connectivity index (χ0) is 58.8. The molecule has 0 saturated heterocycles. The van der Waals surface area contributed by atoms with Crippen LogP contribution in [-0.4, -0.2) is 15.6 Å². The number of nitrogens with zero attached hydrogens (tertiary/aromatic N) is 4. The molecule has 1 aliphatic heterocycles. The second kappa shape index (κ2) is 19.5. The first-order chi connectivity index (χ1) is 39.1. The van der Waals surface area contributed by atoms with Crippen LogP contribution in [0.3, 0.4) is 0 Å². The number of rotatable bonds is 8. The fraction of sp³-hybridized carbons (Fsp3) is 0.250. The summed E-state index contributed by atoms with van der Waals surface area (Å²) in [6, 6.07) is 65.8. The van der Waals surface area contributed by atoms with Gasteiger partial charge in [-0.25, -0.2) is 4.98 Å². The molecule has 0 fully saturated rings. The van der Waals surface area contributed by atoms with Crippen LogP contribution < -0.4 is 13.9 Å². The Morgan fingerprint density at radius 3 is 1.95 bits per heavy atom. The van der Waals surface area contributed by atoms with Crippen molar-refractivity contribution in [1.29, 1.82) is 0 Å². The van der Waals surface area contributed by atoms with E-state index in [0.717, 1.165) is 57.7 Å². The van der Waals surface area contributed by atoms with E-state index in [-0.39, 0.29) is 53.9 Å². The van der Waals surface area contributed by atoms with E-state index < -0.39 is 13.7 Å². The summed E-state index contributed by atoms with van der Waals surface area (Å²) in [4.78, 5) is 5.03. The van der Waals surface area contributed by atoms with Gasteiger partial charge in [0.2, 0.25) is 5.69 Å². The molecule has 1 aliphatic carbocycles. The van der Waals surface area contributed by atoms with Gasteiger partial charge in [-0.05, 0) is 127 Å². The van der Waals surface area contributed by atoms with Crippen LogP contribution in [-0.2, 0) is 42.7 Å². The fourth-order valence-corrected chi connectivity index (χ4v) is 11.4. The fourth-order valence-electron chi connectivity index (χ4n) is 11.4. The maximum atomic E-state index is 8.90. The van der Waals surface area contributed by atoms with Crippen LogP contribution in [0.25, 0.3) is 61.0 Å². The van der Waals surface area contributed by atoms with E-state index in [4.69, 9.17) is 17.9 Å². The molecule has 10 aromatic rings. The van der Waals surface area contributed by atoms with Gasteiger partial charge in [-0.1, -0.05) is 194 Å². The van der Waals surface area contributed by atoms with Gasteiger partial charge in [0.1, 0.15) is 11.5 Å². The largest absolute Gasteiger partial charge is 2.00 e. The number of hydrogen-bond acceptors (Lipinski definition) is 2. The molecule has 5 nitrogen and oxygen atoms in total. The van der Waals surface area contributed by atoms with Gasteiger partial charge in [0.15, 0.2) is 0 Å². The minimum atomic E-state index is -2.51. The van der Waals surface area contributed by atoms with E-state index in [1.807, 2.05) is 57.7 Å². The van der Waals surface area contributed by atoms with E-state index in [2.05, 4.69) is 183 Å². The molecule has 0 N–H and O–H groups in total. The normalized spacial score (nSPS) is 16.1. The maximum Gasteiger partial charge on any atom is 2.00 e. The molecule has 78 heavy (non-hydrogen) atoms. The number of fused-ring (bicyclic) bond motifs is 5. The molecule has 2 aromatic heterocycles. The molecule has 3 heterocycles. The molecule has 390 valence electrons. The Labute approximate surface area is 484 Å². The van der Waals surface area contributed by atoms with Crippen molar-refractivity contribution >= 4 is 50.6 Å². The van der Waals surface area contributed by atoms with Crippen molar-refractivity contribution in [3.05, 3.63) is 216 Å². The van der Waals surface area contributed by atoms with Gasteiger partial charge in [-0.15, -0.1) is 23.6 Å². The first-order valence-electron chi connectivity index (χ1n) is 29.8. The van der Waals surface area contributed by atoms with E-state index in [0.29, 0.717) is 50.4 Å². The molecule has 0 atom stereocenters. The average Bonchev–Trinajstić information content (AvgIpc) is 2.97. The first kappa shape index (κ1) is 45.6. The summed E-state index contributed by atoms with van der Waals surface area (Å²) in [5, 5.41) is 1.35. The van der Waals surface area contributed by atoms with Crippen molar-refractivity contribution in [3.8, 4) is 50.7 Å². The maximum absolute atomic E-state index is 8.90. The number of aryl methyl sites for hydroxylation is 2. The Bertz CT molecular complexity index is 4310. The van der Waals surface area contributed by atoms with E-state index in [1.165, 1.54) is 22.3 Å². The average molecular weight is 1210 g/mol. The summed E-state index contributed by atoms with van der Waals surface area (Å²) in [5.74, 6) is 1.13.